The standard InChI is InChI=1S/C21H26N6O/c1-5-16-20(28)25(4)17-13-23-21(24-19(17)27(16)14(2)3)26-12-11-22-18(26)15-9-7-6-8-10-15/h6-10,13-14,16H,5,11-12H2,1-4H3/t16-/m1/s1. The van der Waals surface area contributed by atoms with Crippen LogP contribution < -0.4 is 14.7 Å². The van der Waals surface area contributed by atoms with Gasteiger partial charge in [-0.15, -0.1) is 0 Å². The zero-order valence-corrected chi connectivity index (χ0v) is 16.8. The van der Waals surface area contributed by atoms with Gasteiger partial charge in [-0.25, -0.2) is 4.98 Å². The van der Waals surface area contributed by atoms with Crippen LogP contribution in [0.25, 0.3) is 0 Å². The number of hydrogen-bond donors (Lipinski definition) is 0. The Morgan fingerprint density at radius 1 is 1.21 bits per heavy atom. The van der Waals surface area contributed by atoms with E-state index in [2.05, 4.69) is 45.8 Å². The van der Waals surface area contributed by atoms with Crippen molar-refractivity contribution < 1.29 is 4.79 Å². The third-order valence-electron chi connectivity index (χ3n) is 5.35. The molecule has 0 radical (unpaired) electrons. The number of carbonyl (C=O) groups is 1. The Hall–Kier alpha value is -2.96. The molecule has 28 heavy (non-hydrogen) atoms. The largest absolute Gasteiger partial charge is 0.340 e. The van der Waals surface area contributed by atoms with E-state index in [1.165, 1.54) is 0 Å². The maximum Gasteiger partial charge on any atom is 0.249 e. The normalized spacial score (nSPS) is 19.3. The molecular weight excluding hydrogens is 352 g/mol. The SMILES string of the molecule is CC[C@@H]1C(=O)N(C)c2cnc(N3CCN=C3c3ccccc3)nc2N1C(C)C. The van der Waals surface area contributed by atoms with Crippen LogP contribution in [0, 0.1) is 0 Å². The minimum Gasteiger partial charge on any atom is -0.340 e. The highest BCUT2D eigenvalue weighted by Gasteiger charge is 2.38. The smallest absolute Gasteiger partial charge is 0.249 e. The van der Waals surface area contributed by atoms with Gasteiger partial charge >= 0.3 is 0 Å². The van der Waals surface area contributed by atoms with Gasteiger partial charge in [-0.2, -0.15) is 4.98 Å². The molecule has 2 aliphatic heterocycles. The Kier molecular flexibility index (Phi) is 4.75. The number of amidine groups is 1. The zero-order chi connectivity index (χ0) is 19.8. The number of benzene rings is 1. The molecule has 1 aromatic heterocycles. The summed E-state index contributed by atoms with van der Waals surface area (Å²) in [4.78, 5) is 32.9. The van der Waals surface area contributed by atoms with Gasteiger partial charge in [-0.05, 0) is 20.3 Å². The van der Waals surface area contributed by atoms with Crippen LogP contribution in [0.15, 0.2) is 41.5 Å². The lowest BCUT2D eigenvalue weighted by Gasteiger charge is -2.42. The lowest BCUT2D eigenvalue weighted by atomic mass is 10.1. The topological polar surface area (TPSA) is 64.9 Å². The van der Waals surface area contributed by atoms with Crippen molar-refractivity contribution in [2.45, 2.75) is 39.3 Å². The average Bonchev–Trinajstić information content (AvgIpc) is 3.20. The maximum absolute atomic E-state index is 12.8. The van der Waals surface area contributed by atoms with E-state index in [9.17, 15) is 4.79 Å². The number of rotatable bonds is 4. The predicted octanol–water partition coefficient (Wildman–Crippen LogP) is 2.71. The van der Waals surface area contributed by atoms with Crippen molar-refractivity contribution in [3.63, 3.8) is 0 Å². The van der Waals surface area contributed by atoms with E-state index in [1.54, 1.807) is 18.1 Å². The van der Waals surface area contributed by atoms with Crippen LogP contribution in [0.4, 0.5) is 17.5 Å². The molecule has 2 aliphatic rings. The summed E-state index contributed by atoms with van der Waals surface area (Å²) in [7, 11) is 1.80. The van der Waals surface area contributed by atoms with Gasteiger partial charge in [0, 0.05) is 25.2 Å². The van der Waals surface area contributed by atoms with E-state index >= 15 is 0 Å². The van der Waals surface area contributed by atoms with Crippen LogP contribution in [-0.4, -0.2) is 53.9 Å². The van der Waals surface area contributed by atoms with E-state index in [-0.39, 0.29) is 18.0 Å². The molecule has 2 aromatic rings. The van der Waals surface area contributed by atoms with Crippen molar-refractivity contribution in [1.82, 2.24) is 9.97 Å². The molecule has 0 saturated heterocycles. The highest BCUT2D eigenvalue weighted by molar-refractivity contribution is 6.10. The number of anilines is 3. The van der Waals surface area contributed by atoms with Gasteiger partial charge in [0.25, 0.3) is 0 Å². The fourth-order valence-corrected chi connectivity index (χ4v) is 3.97. The average molecular weight is 378 g/mol. The number of aromatic nitrogens is 2. The van der Waals surface area contributed by atoms with E-state index in [1.807, 2.05) is 25.1 Å². The van der Waals surface area contributed by atoms with Gasteiger partial charge < -0.3 is 9.80 Å². The Balaban J connectivity index is 1.77. The summed E-state index contributed by atoms with van der Waals surface area (Å²) in [6.45, 7) is 7.70. The molecule has 4 rings (SSSR count). The van der Waals surface area contributed by atoms with Crippen LogP contribution in [0.2, 0.25) is 0 Å². The number of aliphatic imine (C=N–C) groups is 1. The number of fused-ring (bicyclic) bond motifs is 1. The number of amides is 1. The summed E-state index contributed by atoms with van der Waals surface area (Å²) in [6, 6.07) is 10.1. The van der Waals surface area contributed by atoms with Gasteiger partial charge in [0.2, 0.25) is 11.9 Å². The van der Waals surface area contributed by atoms with Crippen molar-refractivity contribution in [1.29, 1.82) is 0 Å². The third-order valence-corrected chi connectivity index (χ3v) is 5.35. The van der Waals surface area contributed by atoms with Gasteiger partial charge in [0.1, 0.15) is 17.6 Å². The number of carbonyl (C=O) groups excluding carboxylic acids is 1. The molecule has 1 aromatic carbocycles. The maximum atomic E-state index is 12.8. The third kappa shape index (κ3) is 2.91. The second kappa shape index (κ2) is 7.22. The van der Waals surface area contributed by atoms with Crippen LogP contribution in [0.5, 0.6) is 0 Å². The van der Waals surface area contributed by atoms with E-state index < -0.39 is 0 Å². The minimum absolute atomic E-state index is 0.0905. The molecule has 0 bridgehead atoms. The molecule has 1 atom stereocenters. The summed E-state index contributed by atoms with van der Waals surface area (Å²) in [6.07, 6.45) is 2.50. The molecule has 7 nitrogen and oxygen atoms in total. The molecule has 0 fully saturated rings. The van der Waals surface area contributed by atoms with Gasteiger partial charge in [-0.1, -0.05) is 37.3 Å². The first-order valence-electron chi connectivity index (χ1n) is 9.83. The summed E-state index contributed by atoms with van der Waals surface area (Å²) < 4.78 is 0. The first-order valence-corrected chi connectivity index (χ1v) is 9.83. The number of likely N-dealkylation sites (N-methyl/N-ethyl adjacent to an activating group) is 1. The van der Waals surface area contributed by atoms with Crippen molar-refractivity contribution in [3.8, 4) is 0 Å². The van der Waals surface area contributed by atoms with Crippen molar-refractivity contribution in [2.24, 2.45) is 4.99 Å². The fourth-order valence-electron chi connectivity index (χ4n) is 3.97. The predicted molar refractivity (Wildman–Crippen MR) is 112 cm³/mol. The minimum atomic E-state index is -0.207. The molecule has 0 saturated carbocycles. The summed E-state index contributed by atoms with van der Waals surface area (Å²) in [5.41, 5.74) is 1.81. The van der Waals surface area contributed by atoms with Crippen molar-refractivity contribution in [3.05, 3.63) is 42.1 Å². The molecular formula is C21H26N6O. The molecule has 0 N–H and O–H groups in total. The van der Waals surface area contributed by atoms with Crippen molar-refractivity contribution in [2.75, 3.05) is 34.8 Å². The number of nitrogens with zero attached hydrogens (tertiary/aromatic N) is 6. The molecule has 0 unspecified atom stereocenters. The van der Waals surface area contributed by atoms with Crippen LogP contribution in [0.1, 0.15) is 32.8 Å². The van der Waals surface area contributed by atoms with Crippen LogP contribution >= 0.6 is 0 Å². The molecule has 7 heteroatoms. The van der Waals surface area contributed by atoms with Gasteiger partial charge in [0.15, 0.2) is 5.82 Å². The fraction of sp³-hybridized carbons (Fsp3) is 0.429. The summed E-state index contributed by atoms with van der Waals surface area (Å²) in [5, 5.41) is 0. The van der Waals surface area contributed by atoms with Crippen LogP contribution in [-0.2, 0) is 4.79 Å². The Labute approximate surface area is 165 Å². The summed E-state index contributed by atoms with van der Waals surface area (Å²) in [5.74, 6) is 2.42. The van der Waals surface area contributed by atoms with Crippen molar-refractivity contribution >= 4 is 29.2 Å². The molecule has 0 spiro atoms. The molecule has 0 aliphatic carbocycles. The second-order valence-electron chi connectivity index (χ2n) is 7.42. The molecule has 1 amide bonds. The first kappa shape index (κ1) is 18.4. The van der Waals surface area contributed by atoms with Gasteiger partial charge in [0.05, 0.1) is 12.7 Å². The van der Waals surface area contributed by atoms with E-state index in [4.69, 9.17) is 4.98 Å². The zero-order valence-electron chi connectivity index (χ0n) is 16.8. The monoisotopic (exact) mass is 378 g/mol. The Morgan fingerprint density at radius 3 is 2.64 bits per heavy atom. The lowest BCUT2D eigenvalue weighted by molar-refractivity contribution is -0.120. The number of hydrogen-bond acceptors (Lipinski definition) is 6. The highest BCUT2D eigenvalue weighted by Crippen LogP contribution is 2.37. The quantitative estimate of drug-likeness (QED) is 0.818. The lowest BCUT2D eigenvalue weighted by Crippen LogP contribution is -2.55. The Morgan fingerprint density at radius 2 is 1.96 bits per heavy atom. The molecule has 3 heterocycles. The first-order chi connectivity index (χ1) is 13.5. The Bertz CT molecular complexity index is 910. The highest BCUT2D eigenvalue weighted by atomic mass is 16.2. The van der Waals surface area contributed by atoms with Crippen LogP contribution in [0.3, 0.4) is 0 Å². The van der Waals surface area contributed by atoms with E-state index in [0.29, 0.717) is 12.5 Å². The van der Waals surface area contributed by atoms with E-state index in [0.717, 1.165) is 35.9 Å². The second-order valence-corrected chi connectivity index (χ2v) is 7.42. The molecule has 146 valence electrons. The summed E-state index contributed by atoms with van der Waals surface area (Å²) >= 11 is 0. The van der Waals surface area contributed by atoms with Gasteiger partial charge in [-0.3, -0.25) is 14.7 Å².